The number of carbonyl (C=O) groups excluding carboxylic acids is 1. The average Bonchev–Trinajstić information content (AvgIpc) is 2.54. The van der Waals surface area contributed by atoms with Crippen LogP contribution < -0.4 is 10.2 Å². The highest BCUT2D eigenvalue weighted by molar-refractivity contribution is 5.81. The van der Waals surface area contributed by atoms with E-state index in [0.717, 1.165) is 32.4 Å². The molecule has 1 amide bonds. The summed E-state index contributed by atoms with van der Waals surface area (Å²) in [5, 5.41) is 3.15. The minimum atomic E-state index is 0.0602. The lowest BCUT2D eigenvalue weighted by Gasteiger charge is -2.34. The van der Waals surface area contributed by atoms with Gasteiger partial charge in [-0.3, -0.25) is 9.69 Å². The summed E-state index contributed by atoms with van der Waals surface area (Å²) in [7, 11) is 4.09. The van der Waals surface area contributed by atoms with Crippen LogP contribution in [0.2, 0.25) is 0 Å². The molecular formula is C19H31N3O. The van der Waals surface area contributed by atoms with Gasteiger partial charge in [-0.05, 0) is 62.5 Å². The van der Waals surface area contributed by atoms with Crippen LogP contribution in [0, 0.1) is 6.92 Å². The number of hydrogen-bond donors (Lipinski definition) is 1. The van der Waals surface area contributed by atoms with Crippen LogP contribution in [-0.4, -0.2) is 44.0 Å². The van der Waals surface area contributed by atoms with Gasteiger partial charge in [0, 0.05) is 26.3 Å². The van der Waals surface area contributed by atoms with Gasteiger partial charge in [0.15, 0.2) is 0 Å². The number of nitrogens with zero attached hydrogens (tertiary/aromatic N) is 2. The first kappa shape index (κ1) is 17.8. The lowest BCUT2D eigenvalue weighted by Crippen LogP contribution is -2.49. The number of amides is 1. The molecule has 1 aromatic rings. The Morgan fingerprint density at radius 3 is 2.78 bits per heavy atom. The molecule has 1 saturated heterocycles. The largest absolute Gasteiger partial charge is 0.378 e. The van der Waals surface area contributed by atoms with Crippen molar-refractivity contribution in [1.29, 1.82) is 0 Å². The lowest BCUT2D eigenvalue weighted by molar-refractivity contribution is -0.127. The summed E-state index contributed by atoms with van der Waals surface area (Å²) in [5.74, 6) is 0.189. The molecule has 1 heterocycles. The van der Waals surface area contributed by atoms with Crippen LogP contribution in [0.25, 0.3) is 0 Å². The Kier molecular flexibility index (Phi) is 6.46. The Balaban J connectivity index is 1.95. The third-order valence-corrected chi connectivity index (χ3v) is 4.72. The van der Waals surface area contributed by atoms with Gasteiger partial charge in [0.05, 0.1) is 6.04 Å². The van der Waals surface area contributed by atoms with Crippen LogP contribution in [0.5, 0.6) is 0 Å². The standard InChI is InChI=1S/C19H31N3O/c1-5-11-22-12-7-6-8-18(22)19(23)20-14-16-9-10-17(21(3)4)13-15(16)2/h9-10,13,18H,5-8,11-12,14H2,1-4H3,(H,20,23). The molecule has 1 aliphatic rings. The summed E-state index contributed by atoms with van der Waals surface area (Å²) >= 11 is 0. The normalized spacial score (nSPS) is 18.7. The molecular weight excluding hydrogens is 286 g/mol. The summed E-state index contributed by atoms with van der Waals surface area (Å²) in [6, 6.07) is 6.46. The summed E-state index contributed by atoms with van der Waals surface area (Å²) in [6.45, 7) is 6.99. The Bertz CT molecular complexity index is 525. The van der Waals surface area contributed by atoms with Gasteiger partial charge in [0.2, 0.25) is 5.91 Å². The quantitative estimate of drug-likeness (QED) is 0.876. The predicted molar refractivity (Wildman–Crippen MR) is 96.9 cm³/mol. The van der Waals surface area contributed by atoms with Crippen LogP contribution in [-0.2, 0) is 11.3 Å². The molecule has 0 spiro atoms. The lowest BCUT2D eigenvalue weighted by atomic mass is 10.0. The molecule has 1 aliphatic heterocycles. The molecule has 128 valence electrons. The van der Waals surface area contributed by atoms with E-state index in [1.165, 1.54) is 23.2 Å². The molecule has 0 radical (unpaired) electrons. The topological polar surface area (TPSA) is 35.6 Å². The van der Waals surface area contributed by atoms with E-state index < -0.39 is 0 Å². The zero-order valence-electron chi connectivity index (χ0n) is 15.1. The first-order chi connectivity index (χ1) is 11.0. The van der Waals surface area contributed by atoms with E-state index >= 15 is 0 Å². The van der Waals surface area contributed by atoms with E-state index in [0.29, 0.717) is 6.54 Å². The second-order valence-electron chi connectivity index (χ2n) is 6.77. The van der Waals surface area contributed by atoms with Crippen molar-refractivity contribution in [3.05, 3.63) is 29.3 Å². The number of anilines is 1. The number of benzene rings is 1. The zero-order chi connectivity index (χ0) is 16.8. The SMILES string of the molecule is CCCN1CCCCC1C(=O)NCc1ccc(N(C)C)cc1C. The summed E-state index contributed by atoms with van der Waals surface area (Å²) in [5.41, 5.74) is 3.62. The van der Waals surface area contributed by atoms with E-state index in [4.69, 9.17) is 0 Å². The number of nitrogens with one attached hydrogen (secondary N) is 1. The minimum Gasteiger partial charge on any atom is -0.378 e. The molecule has 1 fully saturated rings. The van der Waals surface area contributed by atoms with Gasteiger partial charge in [-0.1, -0.05) is 19.4 Å². The smallest absolute Gasteiger partial charge is 0.237 e. The number of hydrogen-bond acceptors (Lipinski definition) is 3. The number of likely N-dealkylation sites (tertiary alicyclic amines) is 1. The number of carbonyl (C=O) groups is 1. The zero-order valence-corrected chi connectivity index (χ0v) is 15.1. The monoisotopic (exact) mass is 317 g/mol. The molecule has 23 heavy (non-hydrogen) atoms. The van der Waals surface area contributed by atoms with Gasteiger partial charge < -0.3 is 10.2 Å². The maximum atomic E-state index is 12.6. The number of piperidine rings is 1. The maximum absolute atomic E-state index is 12.6. The molecule has 1 unspecified atom stereocenters. The second kappa shape index (κ2) is 8.34. The van der Waals surface area contributed by atoms with Crippen LogP contribution in [0.3, 0.4) is 0 Å². The third kappa shape index (κ3) is 4.71. The molecule has 4 heteroatoms. The van der Waals surface area contributed by atoms with Crippen molar-refractivity contribution in [3.63, 3.8) is 0 Å². The highest BCUT2D eigenvalue weighted by atomic mass is 16.2. The van der Waals surface area contributed by atoms with E-state index in [2.05, 4.69) is 47.2 Å². The fraction of sp³-hybridized carbons (Fsp3) is 0.632. The van der Waals surface area contributed by atoms with Gasteiger partial charge >= 0.3 is 0 Å². The van der Waals surface area contributed by atoms with E-state index in [-0.39, 0.29) is 11.9 Å². The molecule has 1 atom stereocenters. The van der Waals surface area contributed by atoms with Crippen LogP contribution in [0.1, 0.15) is 43.7 Å². The van der Waals surface area contributed by atoms with Crippen LogP contribution in [0.15, 0.2) is 18.2 Å². The van der Waals surface area contributed by atoms with Crippen LogP contribution >= 0.6 is 0 Å². The van der Waals surface area contributed by atoms with Crippen molar-refractivity contribution in [2.45, 2.75) is 52.1 Å². The Morgan fingerprint density at radius 1 is 1.35 bits per heavy atom. The first-order valence-corrected chi connectivity index (χ1v) is 8.81. The molecule has 0 aromatic heterocycles. The molecule has 0 bridgehead atoms. The summed E-state index contributed by atoms with van der Waals surface area (Å²) < 4.78 is 0. The van der Waals surface area contributed by atoms with Gasteiger partial charge in [-0.25, -0.2) is 0 Å². The van der Waals surface area contributed by atoms with Crippen LogP contribution in [0.4, 0.5) is 5.69 Å². The first-order valence-electron chi connectivity index (χ1n) is 8.81. The van der Waals surface area contributed by atoms with Crippen molar-refractivity contribution < 1.29 is 4.79 Å². The Labute approximate surface area is 140 Å². The number of rotatable bonds is 6. The molecule has 0 aliphatic carbocycles. The van der Waals surface area contributed by atoms with Crippen molar-refractivity contribution in [3.8, 4) is 0 Å². The number of aryl methyl sites for hydroxylation is 1. The molecule has 2 rings (SSSR count). The van der Waals surface area contributed by atoms with Crippen molar-refractivity contribution in [2.75, 3.05) is 32.1 Å². The molecule has 4 nitrogen and oxygen atoms in total. The van der Waals surface area contributed by atoms with E-state index in [1.54, 1.807) is 0 Å². The Morgan fingerprint density at radius 2 is 2.13 bits per heavy atom. The van der Waals surface area contributed by atoms with Gasteiger partial charge in [-0.15, -0.1) is 0 Å². The van der Waals surface area contributed by atoms with Gasteiger partial charge in [-0.2, -0.15) is 0 Å². The predicted octanol–water partition coefficient (Wildman–Crippen LogP) is 2.94. The summed E-state index contributed by atoms with van der Waals surface area (Å²) in [6.07, 6.45) is 4.48. The average molecular weight is 317 g/mol. The fourth-order valence-corrected chi connectivity index (χ4v) is 3.30. The maximum Gasteiger partial charge on any atom is 0.237 e. The second-order valence-corrected chi connectivity index (χ2v) is 6.77. The van der Waals surface area contributed by atoms with Crippen molar-refractivity contribution in [1.82, 2.24) is 10.2 Å². The molecule has 0 saturated carbocycles. The third-order valence-electron chi connectivity index (χ3n) is 4.72. The van der Waals surface area contributed by atoms with Gasteiger partial charge in [0.25, 0.3) is 0 Å². The highest BCUT2D eigenvalue weighted by Gasteiger charge is 2.27. The molecule has 1 N–H and O–H groups in total. The fourth-order valence-electron chi connectivity index (χ4n) is 3.30. The van der Waals surface area contributed by atoms with Crippen molar-refractivity contribution >= 4 is 11.6 Å². The Hall–Kier alpha value is -1.55. The molecule has 1 aromatic carbocycles. The van der Waals surface area contributed by atoms with E-state index in [9.17, 15) is 4.79 Å². The van der Waals surface area contributed by atoms with Crippen molar-refractivity contribution in [2.24, 2.45) is 0 Å². The van der Waals surface area contributed by atoms with E-state index in [1.807, 2.05) is 14.1 Å². The van der Waals surface area contributed by atoms with Gasteiger partial charge in [0.1, 0.15) is 0 Å². The summed E-state index contributed by atoms with van der Waals surface area (Å²) in [4.78, 5) is 17.0. The highest BCUT2D eigenvalue weighted by Crippen LogP contribution is 2.19. The minimum absolute atomic E-state index is 0.0602.